The number of piperazine rings is 1. The number of ether oxygens (including phenoxy) is 1. The maximum Gasteiger partial charge on any atom is 0.0621 e. The number of rotatable bonds is 1. The number of hydrogen-bond donors (Lipinski definition) is 1. The first-order valence-electron chi connectivity index (χ1n) is 5.42. The van der Waals surface area contributed by atoms with Crippen LogP contribution in [0.5, 0.6) is 0 Å². The number of nitrogens with zero attached hydrogens (tertiary/aromatic N) is 1. The van der Waals surface area contributed by atoms with Crippen LogP contribution in [0.1, 0.15) is 19.8 Å². The zero-order valence-electron chi connectivity index (χ0n) is 8.46. The summed E-state index contributed by atoms with van der Waals surface area (Å²) in [6.07, 6.45) is 2.56. The van der Waals surface area contributed by atoms with E-state index in [0.29, 0.717) is 12.1 Å². The maximum atomic E-state index is 5.52. The van der Waals surface area contributed by atoms with E-state index in [1.807, 2.05) is 0 Å². The van der Waals surface area contributed by atoms with Crippen molar-refractivity contribution in [3.63, 3.8) is 0 Å². The van der Waals surface area contributed by atoms with Crippen molar-refractivity contribution in [3.05, 3.63) is 0 Å². The highest BCUT2D eigenvalue weighted by atomic mass is 16.5. The highest BCUT2D eigenvalue weighted by molar-refractivity contribution is 4.83. The average molecular weight is 184 g/mol. The van der Waals surface area contributed by atoms with Gasteiger partial charge in [0, 0.05) is 38.3 Å². The lowest BCUT2D eigenvalue weighted by Crippen LogP contribution is -2.55. The molecule has 2 fully saturated rings. The molecule has 13 heavy (non-hydrogen) atoms. The lowest BCUT2D eigenvalue weighted by molar-refractivity contribution is -0.00364. The van der Waals surface area contributed by atoms with E-state index in [0.717, 1.165) is 26.3 Å². The fraction of sp³-hybridized carbons (Fsp3) is 1.00. The molecule has 3 nitrogen and oxygen atoms in total. The molecule has 0 aromatic carbocycles. The van der Waals surface area contributed by atoms with E-state index in [2.05, 4.69) is 17.1 Å². The first-order chi connectivity index (χ1) is 6.38. The Labute approximate surface area is 80.4 Å². The van der Waals surface area contributed by atoms with Crippen molar-refractivity contribution < 1.29 is 4.74 Å². The third kappa shape index (κ3) is 2.22. The summed E-state index contributed by atoms with van der Waals surface area (Å²) in [5.41, 5.74) is 0. The number of nitrogens with one attached hydrogen (secondary N) is 1. The quantitative estimate of drug-likeness (QED) is 0.641. The fourth-order valence-electron chi connectivity index (χ4n) is 2.38. The average Bonchev–Trinajstić information content (AvgIpc) is 2.20. The van der Waals surface area contributed by atoms with Crippen LogP contribution in [-0.2, 0) is 4.74 Å². The van der Waals surface area contributed by atoms with Crippen LogP contribution in [0, 0.1) is 0 Å². The van der Waals surface area contributed by atoms with Crippen molar-refractivity contribution in [3.8, 4) is 0 Å². The topological polar surface area (TPSA) is 24.5 Å². The van der Waals surface area contributed by atoms with E-state index >= 15 is 0 Å². The van der Waals surface area contributed by atoms with E-state index in [1.54, 1.807) is 0 Å². The van der Waals surface area contributed by atoms with Crippen LogP contribution in [0.15, 0.2) is 0 Å². The third-order valence-corrected chi connectivity index (χ3v) is 3.16. The predicted molar refractivity (Wildman–Crippen MR) is 52.9 cm³/mol. The molecule has 2 aliphatic rings. The van der Waals surface area contributed by atoms with Gasteiger partial charge in [-0.25, -0.2) is 0 Å². The van der Waals surface area contributed by atoms with Crippen molar-refractivity contribution in [2.24, 2.45) is 0 Å². The van der Waals surface area contributed by atoms with Crippen LogP contribution in [-0.4, -0.2) is 49.8 Å². The molecule has 2 atom stereocenters. The van der Waals surface area contributed by atoms with Crippen molar-refractivity contribution in [1.82, 2.24) is 10.2 Å². The van der Waals surface area contributed by atoms with Crippen molar-refractivity contribution in [2.45, 2.75) is 31.8 Å². The van der Waals surface area contributed by atoms with Gasteiger partial charge in [0.25, 0.3) is 0 Å². The molecule has 0 spiro atoms. The summed E-state index contributed by atoms with van der Waals surface area (Å²) < 4.78 is 5.52. The van der Waals surface area contributed by atoms with E-state index < -0.39 is 0 Å². The fourth-order valence-corrected chi connectivity index (χ4v) is 2.38. The summed E-state index contributed by atoms with van der Waals surface area (Å²) in [6.45, 7) is 7.69. The maximum absolute atomic E-state index is 5.52. The molecule has 1 N–H and O–H groups in total. The first kappa shape index (κ1) is 9.44. The van der Waals surface area contributed by atoms with Gasteiger partial charge in [-0.3, -0.25) is 4.90 Å². The Balaban J connectivity index is 1.88. The van der Waals surface area contributed by atoms with Crippen LogP contribution < -0.4 is 5.32 Å². The molecule has 2 rings (SSSR count). The third-order valence-electron chi connectivity index (χ3n) is 3.16. The lowest BCUT2D eigenvalue weighted by Gasteiger charge is -2.41. The van der Waals surface area contributed by atoms with Gasteiger partial charge in [0.2, 0.25) is 0 Å². The second kappa shape index (κ2) is 4.40. The van der Waals surface area contributed by atoms with Gasteiger partial charge in [-0.15, -0.1) is 0 Å². The molecule has 0 saturated carbocycles. The van der Waals surface area contributed by atoms with Crippen molar-refractivity contribution >= 4 is 0 Å². The minimum atomic E-state index is 0.681. The zero-order valence-corrected chi connectivity index (χ0v) is 8.46. The summed E-state index contributed by atoms with van der Waals surface area (Å²) >= 11 is 0. The monoisotopic (exact) mass is 184 g/mol. The van der Waals surface area contributed by atoms with Gasteiger partial charge in [-0.2, -0.15) is 0 Å². The van der Waals surface area contributed by atoms with Gasteiger partial charge >= 0.3 is 0 Å². The Bertz CT molecular complexity index is 157. The Hall–Kier alpha value is -0.120. The van der Waals surface area contributed by atoms with Gasteiger partial charge in [0.15, 0.2) is 0 Å². The van der Waals surface area contributed by atoms with E-state index in [-0.39, 0.29) is 0 Å². The molecule has 0 aliphatic carbocycles. The van der Waals surface area contributed by atoms with E-state index in [9.17, 15) is 0 Å². The highest BCUT2D eigenvalue weighted by Crippen LogP contribution is 2.16. The van der Waals surface area contributed by atoms with Crippen LogP contribution in [0.2, 0.25) is 0 Å². The molecular weight excluding hydrogens is 164 g/mol. The molecule has 2 saturated heterocycles. The lowest BCUT2D eigenvalue weighted by atomic mass is 10.1. The summed E-state index contributed by atoms with van der Waals surface area (Å²) in [5.74, 6) is 0. The molecule has 2 heterocycles. The zero-order chi connectivity index (χ0) is 9.10. The molecule has 0 aromatic heterocycles. The summed E-state index contributed by atoms with van der Waals surface area (Å²) in [7, 11) is 0. The molecule has 2 aliphatic heterocycles. The van der Waals surface area contributed by atoms with Crippen LogP contribution in [0.3, 0.4) is 0 Å². The molecular formula is C10H20N2O. The Morgan fingerprint density at radius 2 is 2.38 bits per heavy atom. The van der Waals surface area contributed by atoms with Gasteiger partial charge in [0.05, 0.1) is 6.61 Å². The minimum absolute atomic E-state index is 0.681. The van der Waals surface area contributed by atoms with Gasteiger partial charge in [-0.05, 0) is 19.8 Å². The molecule has 0 aromatic rings. The Morgan fingerprint density at radius 3 is 3.08 bits per heavy atom. The number of hydrogen-bond acceptors (Lipinski definition) is 3. The van der Waals surface area contributed by atoms with Crippen LogP contribution in [0.4, 0.5) is 0 Å². The first-order valence-corrected chi connectivity index (χ1v) is 5.42. The molecule has 76 valence electrons. The van der Waals surface area contributed by atoms with E-state index in [4.69, 9.17) is 4.74 Å². The second-order valence-electron chi connectivity index (χ2n) is 4.16. The van der Waals surface area contributed by atoms with Crippen LogP contribution >= 0.6 is 0 Å². The van der Waals surface area contributed by atoms with Gasteiger partial charge in [-0.1, -0.05) is 0 Å². The normalized spacial score (nSPS) is 37.6. The summed E-state index contributed by atoms with van der Waals surface area (Å²) in [4.78, 5) is 2.61. The summed E-state index contributed by atoms with van der Waals surface area (Å²) in [6, 6.07) is 1.37. The largest absolute Gasteiger partial charge is 0.380 e. The second-order valence-corrected chi connectivity index (χ2v) is 4.16. The summed E-state index contributed by atoms with van der Waals surface area (Å²) in [5, 5.41) is 3.42. The van der Waals surface area contributed by atoms with Gasteiger partial charge in [0.1, 0.15) is 0 Å². The molecule has 0 radical (unpaired) electrons. The standard InChI is InChI=1S/C10H20N2O/c1-9-7-11-4-5-12(9)10-3-2-6-13-8-10/h9-11H,2-8H2,1H3. The predicted octanol–water partition coefficient (Wildman–Crippen LogP) is 0.459. The molecule has 3 heteroatoms. The van der Waals surface area contributed by atoms with Crippen LogP contribution in [0.25, 0.3) is 0 Å². The Kier molecular flexibility index (Phi) is 3.19. The van der Waals surface area contributed by atoms with Crippen molar-refractivity contribution in [2.75, 3.05) is 32.8 Å². The SMILES string of the molecule is CC1CNCCN1C1CCCOC1. The molecule has 0 bridgehead atoms. The smallest absolute Gasteiger partial charge is 0.0621 e. The molecule has 0 amide bonds. The Morgan fingerprint density at radius 1 is 1.46 bits per heavy atom. The minimum Gasteiger partial charge on any atom is -0.380 e. The van der Waals surface area contributed by atoms with Gasteiger partial charge < -0.3 is 10.1 Å². The van der Waals surface area contributed by atoms with Crippen molar-refractivity contribution in [1.29, 1.82) is 0 Å². The highest BCUT2D eigenvalue weighted by Gasteiger charge is 2.27. The van der Waals surface area contributed by atoms with E-state index in [1.165, 1.54) is 19.4 Å². The molecule has 2 unspecified atom stereocenters.